The van der Waals surface area contributed by atoms with Crippen molar-refractivity contribution in [1.29, 1.82) is 0 Å². The number of amides is 1. The largest absolute Gasteiger partial charge is 0.418 e. The zero-order chi connectivity index (χ0) is 18.1. The first-order chi connectivity index (χ1) is 11.1. The number of nitrogens with one attached hydrogen (secondary N) is 1. The number of hydrogen-bond donors (Lipinski definition) is 1. The molecule has 0 saturated carbocycles. The fourth-order valence-corrected chi connectivity index (χ4v) is 2.55. The summed E-state index contributed by atoms with van der Waals surface area (Å²) in [4.78, 5) is 13.7. The van der Waals surface area contributed by atoms with Gasteiger partial charge in [-0.05, 0) is 52.3 Å². The van der Waals surface area contributed by atoms with Crippen molar-refractivity contribution in [2.24, 2.45) is 0 Å². The van der Waals surface area contributed by atoms with Crippen LogP contribution in [0.25, 0.3) is 0 Å². The van der Waals surface area contributed by atoms with Crippen molar-refractivity contribution in [3.05, 3.63) is 57.8 Å². The summed E-state index contributed by atoms with van der Waals surface area (Å²) >= 11 is 3.02. The maximum atomic E-state index is 13.2. The molecule has 3 nitrogen and oxygen atoms in total. The maximum absolute atomic E-state index is 13.2. The van der Waals surface area contributed by atoms with Crippen LogP contribution in [0.15, 0.2) is 40.9 Å². The summed E-state index contributed by atoms with van der Waals surface area (Å²) in [5, 5.41) is 2.23. The van der Waals surface area contributed by atoms with Gasteiger partial charge < -0.3 is 10.2 Å². The number of rotatable bonds is 3. The first-order valence-electron chi connectivity index (χ1n) is 6.74. The van der Waals surface area contributed by atoms with Crippen molar-refractivity contribution in [3.63, 3.8) is 0 Å². The smallest absolute Gasteiger partial charge is 0.378 e. The predicted octanol–water partition coefficient (Wildman–Crippen LogP) is 4.93. The summed E-state index contributed by atoms with van der Waals surface area (Å²) in [6, 6.07) is 6.91. The topological polar surface area (TPSA) is 32.3 Å². The molecule has 0 atom stereocenters. The minimum Gasteiger partial charge on any atom is -0.378 e. The monoisotopic (exact) mass is 404 g/mol. The molecule has 0 heterocycles. The summed E-state index contributed by atoms with van der Waals surface area (Å²) in [7, 11) is 3.23. The van der Waals surface area contributed by atoms with E-state index in [9.17, 15) is 22.4 Å². The second-order valence-electron chi connectivity index (χ2n) is 5.20. The Kier molecular flexibility index (Phi) is 5.17. The fourth-order valence-electron chi connectivity index (χ4n) is 2.02. The molecule has 0 saturated heterocycles. The summed E-state index contributed by atoms with van der Waals surface area (Å²) in [5.74, 6) is -1.34. The van der Waals surface area contributed by atoms with Crippen LogP contribution in [0.2, 0.25) is 0 Å². The van der Waals surface area contributed by atoms with Gasteiger partial charge in [0, 0.05) is 24.3 Å². The van der Waals surface area contributed by atoms with Gasteiger partial charge in [0.2, 0.25) is 0 Å². The minimum absolute atomic E-state index is 0.0289. The van der Waals surface area contributed by atoms with Gasteiger partial charge in [0.1, 0.15) is 5.82 Å². The van der Waals surface area contributed by atoms with Gasteiger partial charge in [-0.25, -0.2) is 4.39 Å². The Labute approximate surface area is 144 Å². The van der Waals surface area contributed by atoms with Crippen LogP contribution >= 0.6 is 15.9 Å². The molecule has 0 aliphatic rings. The lowest BCUT2D eigenvalue weighted by molar-refractivity contribution is -0.136. The van der Waals surface area contributed by atoms with Crippen molar-refractivity contribution in [1.82, 2.24) is 0 Å². The standard InChI is InChI=1S/C16H13BrF4N2O/c1-23(2)10-4-6-14(12(8-10)16(19,20)21)22-15(24)11-5-3-9(18)7-13(11)17/h3-8H,1-2H3,(H,22,24). The molecular weight excluding hydrogens is 392 g/mol. The van der Waals surface area contributed by atoms with Crippen molar-refractivity contribution in [3.8, 4) is 0 Å². The Balaban J connectivity index is 2.40. The molecule has 2 rings (SSSR count). The van der Waals surface area contributed by atoms with E-state index < -0.39 is 23.5 Å². The maximum Gasteiger partial charge on any atom is 0.418 e. The van der Waals surface area contributed by atoms with E-state index >= 15 is 0 Å². The Morgan fingerprint density at radius 1 is 1.12 bits per heavy atom. The van der Waals surface area contributed by atoms with E-state index in [1.807, 2.05) is 0 Å². The lowest BCUT2D eigenvalue weighted by Crippen LogP contribution is -2.18. The number of alkyl halides is 3. The predicted molar refractivity (Wildman–Crippen MR) is 87.8 cm³/mol. The number of carbonyl (C=O) groups is 1. The molecule has 0 bridgehead atoms. The van der Waals surface area contributed by atoms with Gasteiger partial charge in [-0.1, -0.05) is 0 Å². The van der Waals surface area contributed by atoms with Crippen LogP contribution in [0.4, 0.5) is 28.9 Å². The third-order valence-electron chi connectivity index (χ3n) is 3.25. The van der Waals surface area contributed by atoms with Crippen LogP contribution in [-0.2, 0) is 6.18 Å². The summed E-state index contributed by atoms with van der Waals surface area (Å²) in [6.45, 7) is 0. The van der Waals surface area contributed by atoms with Crippen molar-refractivity contribution in [2.45, 2.75) is 6.18 Å². The Hall–Kier alpha value is -2.09. The van der Waals surface area contributed by atoms with Crippen LogP contribution < -0.4 is 10.2 Å². The number of halogens is 5. The molecule has 128 valence electrons. The van der Waals surface area contributed by atoms with Crippen molar-refractivity contribution >= 4 is 33.2 Å². The van der Waals surface area contributed by atoms with Crippen LogP contribution in [0.5, 0.6) is 0 Å². The Morgan fingerprint density at radius 2 is 1.79 bits per heavy atom. The molecule has 2 aromatic rings. The van der Waals surface area contributed by atoms with Gasteiger partial charge in [0.05, 0.1) is 16.8 Å². The molecule has 0 aliphatic heterocycles. The first-order valence-corrected chi connectivity index (χ1v) is 7.54. The second-order valence-corrected chi connectivity index (χ2v) is 6.05. The van der Waals surface area contributed by atoms with E-state index in [-0.39, 0.29) is 15.7 Å². The van der Waals surface area contributed by atoms with Crippen LogP contribution in [0.3, 0.4) is 0 Å². The Morgan fingerprint density at radius 3 is 2.33 bits per heavy atom. The van der Waals surface area contributed by atoms with Crippen LogP contribution in [-0.4, -0.2) is 20.0 Å². The summed E-state index contributed by atoms with van der Waals surface area (Å²) in [5.41, 5.74) is -0.945. The lowest BCUT2D eigenvalue weighted by Gasteiger charge is -2.19. The van der Waals surface area contributed by atoms with Crippen LogP contribution in [0, 0.1) is 5.82 Å². The van der Waals surface area contributed by atoms with E-state index in [4.69, 9.17) is 0 Å². The fraction of sp³-hybridized carbons (Fsp3) is 0.188. The second kappa shape index (κ2) is 6.80. The van der Waals surface area contributed by atoms with Gasteiger partial charge in [-0.2, -0.15) is 13.2 Å². The van der Waals surface area contributed by atoms with Crippen LogP contribution in [0.1, 0.15) is 15.9 Å². The highest BCUT2D eigenvalue weighted by Crippen LogP contribution is 2.37. The minimum atomic E-state index is -4.63. The normalized spacial score (nSPS) is 11.3. The van der Waals surface area contributed by atoms with Gasteiger partial charge in [-0.15, -0.1) is 0 Å². The molecule has 0 aliphatic carbocycles. The van der Waals surface area contributed by atoms with Gasteiger partial charge in [0.15, 0.2) is 0 Å². The first kappa shape index (κ1) is 18.3. The SMILES string of the molecule is CN(C)c1ccc(NC(=O)c2ccc(F)cc2Br)c(C(F)(F)F)c1. The average molecular weight is 405 g/mol. The van der Waals surface area contributed by atoms with E-state index in [1.165, 1.54) is 23.1 Å². The summed E-state index contributed by atoms with van der Waals surface area (Å²) in [6.07, 6.45) is -4.63. The molecule has 1 N–H and O–H groups in total. The molecule has 0 unspecified atom stereocenters. The number of hydrogen-bond acceptors (Lipinski definition) is 2. The highest BCUT2D eigenvalue weighted by Gasteiger charge is 2.34. The number of benzene rings is 2. The van der Waals surface area contributed by atoms with E-state index in [0.29, 0.717) is 5.69 Å². The van der Waals surface area contributed by atoms with E-state index in [2.05, 4.69) is 21.2 Å². The zero-order valence-electron chi connectivity index (χ0n) is 12.7. The lowest BCUT2D eigenvalue weighted by atomic mass is 10.1. The molecule has 8 heteroatoms. The molecule has 0 radical (unpaired) electrons. The van der Waals surface area contributed by atoms with E-state index in [1.54, 1.807) is 14.1 Å². The van der Waals surface area contributed by atoms with E-state index in [0.717, 1.165) is 18.2 Å². The molecule has 2 aromatic carbocycles. The molecular formula is C16H13BrF4N2O. The highest BCUT2D eigenvalue weighted by molar-refractivity contribution is 9.10. The number of nitrogens with zero attached hydrogens (tertiary/aromatic N) is 1. The zero-order valence-corrected chi connectivity index (χ0v) is 14.3. The molecule has 0 spiro atoms. The third-order valence-corrected chi connectivity index (χ3v) is 3.90. The molecule has 24 heavy (non-hydrogen) atoms. The molecule has 0 aromatic heterocycles. The molecule has 1 amide bonds. The quantitative estimate of drug-likeness (QED) is 0.735. The average Bonchev–Trinajstić information content (AvgIpc) is 2.45. The van der Waals surface area contributed by atoms with Gasteiger partial charge in [-0.3, -0.25) is 4.79 Å². The molecule has 0 fully saturated rings. The van der Waals surface area contributed by atoms with Crippen molar-refractivity contribution < 1.29 is 22.4 Å². The van der Waals surface area contributed by atoms with Gasteiger partial charge >= 0.3 is 6.18 Å². The number of anilines is 2. The van der Waals surface area contributed by atoms with Crippen molar-refractivity contribution in [2.75, 3.05) is 24.3 Å². The summed E-state index contributed by atoms with van der Waals surface area (Å²) < 4.78 is 53.0. The highest BCUT2D eigenvalue weighted by atomic mass is 79.9. The Bertz CT molecular complexity index is 775. The number of carbonyl (C=O) groups excluding carboxylic acids is 1. The van der Waals surface area contributed by atoms with Gasteiger partial charge in [0.25, 0.3) is 5.91 Å². The third kappa shape index (κ3) is 4.05.